The van der Waals surface area contributed by atoms with Crippen LogP contribution in [-0.4, -0.2) is 5.78 Å². The molecule has 1 atom stereocenters. The van der Waals surface area contributed by atoms with Crippen molar-refractivity contribution in [3.8, 4) is 0 Å². The lowest BCUT2D eigenvalue weighted by Crippen LogP contribution is -2.02. The molecule has 0 amide bonds. The zero-order chi connectivity index (χ0) is 27.8. The van der Waals surface area contributed by atoms with Crippen LogP contribution in [0, 0.1) is 5.92 Å². The molecule has 1 aliphatic rings. The van der Waals surface area contributed by atoms with Gasteiger partial charge in [0.25, 0.3) is 0 Å². The van der Waals surface area contributed by atoms with E-state index < -0.39 is 0 Å². The van der Waals surface area contributed by atoms with E-state index in [4.69, 9.17) is 0 Å². The van der Waals surface area contributed by atoms with E-state index in [0.29, 0.717) is 11.7 Å². The van der Waals surface area contributed by atoms with Crippen LogP contribution in [0.15, 0.2) is 44.6 Å². The largest absolute Gasteiger partial charge is 0.300 e. The molecule has 0 fully saturated rings. The third kappa shape index (κ3) is 12.8. The smallest absolute Gasteiger partial charge is 0.129 e. The zero-order valence-electron chi connectivity index (χ0n) is 26.5. The molecule has 0 aliphatic heterocycles. The van der Waals surface area contributed by atoms with E-state index in [1.807, 2.05) is 0 Å². The Morgan fingerprint density at radius 2 is 1.05 bits per heavy atom. The molecule has 1 aliphatic carbocycles. The molecule has 1 rings (SSSR count). The van der Waals surface area contributed by atoms with Gasteiger partial charge < -0.3 is 4.79 Å². The summed E-state index contributed by atoms with van der Waals surface area (Å²) in [6.07, 6.45) is 21.8. The molecule has 37 heavy (non-hydrogen) atoms. The van der Waals surface area contributed by atoms with Crippen LogP contribution in [0.3, 0.4) is 0 Å². The van der Waals surface area contributed by atoms with Crippen molar-refractivity contribution in [1.82, 2.24) is 0 Å². The van der Waals surface area contributed by atoms with E-state index in [2.05, 4.69) is 55.4 Å². The first-order chi connectivity index (χ1) is 17.6. The number of Topliss-reactive ketones (excluding diaryl/α,β-unsaturated/α-hetero) is 1. The number of rotatable bonds is 7. The van der Waals surface area contributed by atoms with Crippen LogP contribution >= 0.6 is 0 Å². The van der Waals surface area contributed by atoms with Gasteiger partial charge >= 0.3 is 0 Å². The second-order valence-corrected chi connectivity index (χ2v) is 12.3. The van der Waals surface area contributed by atoms with Crippen molar-refractivity contribution < 1.29 is 4.79 Å². The fourth-order valence-electron chi connectivity index (χ4n) is 5.86. The van der Waals surface area contributed by atoms with Crippen LogP contribution in [0.2, 0.25) is 0 Å². The molecular formula is C36H62O. The lowest BCUT2D eigenvalue weighted by Gasteiger charge is -2.20. The van der Waals surface area contributed by atoms with Gasteiger partial charge in [0.2, 0.25) is 0 Å². The Labute approximate surface area is 232 Å². The summed E-state index contributed by atoms with van der Waals surface area (Å²) < 4.78 is 0. The second-order valence-electron chi connectivity index (χ2n) is 12.3. The van der Waals surface area contributed by atoms with E-state index in [0.717, 1.165) is 12.8 Å². The minimum absolute atomic E-state index is 0.332. The normalized spacial score (nSPS) is 21.1. The van der Waals surface area contributed by atoms with E-state index in [1.165, 1.54) is 130 Å². The molecule has 0 saturated heterocycles. The molecule has 0 aromatic carbocycles. The van der Waals surface area contributed by atoms with Gasteiger partial charge in [-0.2, -0.15) is 0 Å². The second kappa shape index (κ2) is 18.8. The summed E-state index contributed by atoms with van der Waals surface area (Å²) in [6, 6.07) is 0. The molecule has 0 aromatic rings. The van der Waals surface area contributed by atoms with E-state index >= 15 is 0 Å². The predicted octanol–water partition coefficient (Wildman–Crippen LogP) is 12.2. The SMILES string of the molecule is CC(=O)CCCCCCC1=C(C)C(C)=C(C)C(C)=C(C)C(C)=C(C)C(C)CCCCCCCCCCC1. The molecule has 0 radical (unpaired) electrons. The molecule has 1 unspecified atom stereocenters. The third-order valence-electron chi connectivity index (χ3n) is 9.55. The van der Waals surface area contributed by atoms with Crippen LogP contribution in [0.1, 0.15) is 171 Å². The van der Waals surface area contributed by atoms with E-state index in [9.17, 15) is 4.79 Å². The molecule has 0 bridgehead atoms. The Morgan fingerprint density at radius 1 is 0.595 bits per heavy atom. The number of allylic oxidation sites excluding steroid dienone is 8. The molecule has 212 valence electrons. The Morgan fingerprint density at radius 3 is 1.62 bits per heavy atom. The summed E-state index contributed by atoms with van der Waals surface area (Å²) >= 11 is 0. The summed E-state index contributed by atoms with van der Waals surface area (Å²) in [7, 11) is 0. The van der Waals surface area contributed by atoms with Gasteiger partial charge in [-0.25, -0.2) is 0 Å². The number of carbonyl (C=O) groups excluding carboxylic acids is 1. The van der Waals surface area contributed by atoms with Crippen molar-refractivity contribution >= 4 is 5.78 Å². The maximum atomic E-state index is 11.3. The first-order valence-corrected chi connectivity index (χ1v) is 15.8. The van der Waals surface area contributed by atoms with Crippen molar-refractivity contribution in [1.29, 1.82) is 0 Å². The standard InChI is InChI=1S/C36H62O/c1-27-23-19-15-13-11-10-12-14-16-21-25-36(26-22-18-17-20-24-28(2)37)35(9)34(8)33(7)32(6)31(5)30(4)29(27)3/h27H,10-26H2,1-9H3. The highest BCUT2D eigenvalue weighted by molar-refractivity contribution is 5.75. The van der Waals surface area contributed by atoms with Gasteiger partial charge in [-0.05, 0) is 133 Å². The molecule has 1 nitrogen and oxygen atoms in total. The van der Waals surface area contributed by atoms with Gasteiger partial charge in [0.15, 0.2) is 0 Å². The van der Waals surface area contributed by atoms with E-state index in [-0.39, 0.29) is 0 Å². The highest BCUT2D eigenvalue weighted by Gasteiger charge is 2.13. The lowest BCUT2D eigenvalue weighted by molar-refractivity contribution is -0.117. The molecule has 1 heteroatoms. The number of ketones is 1. The lowest BCUT2D eigenvalue weighted by atomic mass is 9.85. The Bertz CT molecular complexity index is 829. The van der Waals surface area contributed by atoms with Crippen LogP contribution in [0.4, 0.5) is 0 Å². The Hall–Kier alpha value is -1.37. The Balaban J connectivity index is 3.20. The minimum Gasteiger partial charge on any atom is -0.300 e. The molecule has 0 saturated carbocycles. The van der Waals surface area contributed by atoms with Gasteiger partial charge in [-0.1, -0.05) is 82.3 Å². The van der Waals surface area contributed by atoms with Crippen LogP contribution in [0.25, 0.3) is 0 Å². The fraction of sp³-hybridized carbons (Fsp3) is 0.750. The number of carbonyl (C=O) groups is 1. The van der Waals surface area contributed by atoms with Crippen LogP contribution < -0.4 is 0 Å². The topological polar surface area (TPSA) is 17.1 Å². The molecule has 0 spiro atoms. The molecule has 0 aromatic heterocycles. The van der Waals surface area contributed by atoms with Crippen molar-refractivity contribution in [2.45, 2.75) is 171 Å². The highest BCUT2D eigenvalue weighted by Crippen LogP contribution is 2.32. The minimum atomic E-state index is 0.332. The first kappa shape index (κ1) is 33.7. The maximum Gasteiger partial charge on any atom is 0.129 e. The summed E-state index contributed by atoms with van der Waals surface area (Å²) in [5, 5.41) is 0. The van der Waals surface area contributed by atoms with E-state index in [1.54, 1.807) is 18.1 Å². The summed E-state index contributed by atoms with van der Waals surface area (Å²) in [5.41, 5.74) is 12.2. The van der Waals surface area contributed by atoms with Crippen molar-refractivity contribution in [3.05, 3.63) is 44.6 Å². The maximum absolute atomic E-state index is 11.3. The van der Waals surface area contributed by atoms with Gasteiger partial charge in [-0.3, -0.25) is 0 Å². The molecular weight excluding hydrogens is 448 g/mol. The average Bonchev–Trinajstić information content (AvgIpc) is 2.88. The van der Waals surface area contributed by atoms with Crippen LogP contribution in [0.5, 0.6) is 0 Å². The third-order valence-corrected chi connectivity index (χ3v) is 9.55. The predicted molar refractivity (Wildman–Crippen MR) is 166 cm³/mol. The number of hydrogen-bond donors (Lipinski definition) is 0. The highest BCUT2D eigenvalue weighted by atomic mass is 16.1. The molecule has 0 heterocycles. The van der Waals surface area contributed by atoms with Gasteiger partial charge in [0.1, 0.15) is 5.78 Å². The quantitative estimate of drug-likeness (QED) is 0.311. The van der Waals surface area contributed by atoms with Gasteiger partial charge in [0.05, 0.1) is 0 Å². The van der Waals surface area contributed by atoms with Gasteiger partial charge in [-0.15, -0.1) is 0 Å². The zero-order valence-corrected chi connectivity index (χ0v) is 26.5. The number of unbranched alkanes of at least 4 members (excludes halogenated alkanes) is 3. The number of hydrogen-bond acceptors (Lipinski definition) is 1. The summed E-state index contributed by atoms with van der Waals surface area (Å²) in [6.45, 7) is 20.6. The summed E-state index contributed by atoms with van der Waals surface area (Å²) in [4.78, 5) is 11.3. The van der Waals surface area contributed by atoms with Crippen molar-refractivity contribution in [2.24, 2.45) is 5.92 Å². The Kier molecular flexibility index (Phi) is 17.1. The van der Waals surface area contributed by atoms with Gasteiger partial charge in [0, 0.05) is 6.42 Å². The van der Waals surface area contributed by atoms with Crippen molar-refractivity contribution in [3.63, 3.8) is 0 Å². The first-order valence-electron chi connectivity index (χ1n) is 15.8. The average molecular weight is 511 g/mol. The van der Waals surface area contributed by atoms with Crippen molar-refractivity contribution in [2.75, 3.05) is 0 Å². The fourth-order valence-corrected chi connectivity index (χ4v) is 5.86. The monoisotopic (exact) mass is 510 g/mol. The molecule has 0 N–H and O–H groups in total. The van der Waals surface area contributed by atoms with Crippen LogP contribution in [-0.2, 0) is 4.79 Å². The summed E-state index contributed by atoms with van der Waals surface area (Å²) in [5.74, 6) is 1.00.